The molecule has 1 aromatic carbocycles. The minimum Gasteiger partial charge on any atom is -0.366 e. The van der Waals surface area contributed by atoms with Crippen molar-refractivity contribution >= 4 is 29.3 Å². The Kier molecular flexibility index (Phi) is 5.90. The minimum atomic E-state index is -0.456. The van der Waals surface area contributed by atoms with Crippen LogP contribution in [0.2, 0.25) is 5.02 Å². The summed E-state index contributed by atoms with van der Waals surface area (Å²) in [5.41, 5.74) is 0.749. The maximum atomic E-state index is 14.0. The summed E-state index contributed by atoms with van der Waals surface area (Å²) >= 11 is 7.72. The Hall–Kier alpha value is -0.780. The van der Waals surface area contributed by atoms with E-state index in [1.165, 1.54) is 6.07 Å². The average Bonchev–Trinajstić information content (AvgIpc) is 3.38. The number of carbonyl (C=O) groups excluding carboxylic acids is 1. The van der Waals surface area contributed by atoms with Crippen molar-refractivity contribution in [3.63, 3.8) is 0 Å². The number of amides is 1. The van der Waals surface area contributed by atoms with Crippen molar-refractivity contribution in [1.29, 1.82) is 0 Å². The van der Waals surface area contributed by atoms with Gasteiger partial charge in [0.05, 0.1) is 17.7 Å². The van der Waals surface area contributed by atoms with Crippen LogP contribution in [0.3, 0.4) is 0 Å². The van der Waals surface area contributed by atoms with Crippen molar-refractivity contribution in [1.82, 2.24) is 4.90 Å². The Morgan fingerprint density at radius 2 is 2.08 bits per heavy atom. The summed E-state index contributed by atoms with van der Waals surface area (Å²) in [4.78, 5) is 15.0. The van der Waals surface area contributed by atoms with Crippen LogP contribution in [-0.4, -0.2) is 40.1 Å². The van der Waals surface area contributed by atoms with E-state index < -0.39 is 11.9 Å². The second kappa shape index (κ2) is 7.69. The largest absolute Gasteiger partial charge is 0.366 e. The first-order valence-electron chi connectivity index (χ1n) is 9.20. The second-order valence-electron chi connectivity index (χ2n) is 8.24. The summed E-state index contributed by atoms with van der Waals surface area (Å²) in [7, 11) is 0. The van der Waals surface area contributed by atoms with Gasteiger partial charge in [-0.05, 0) is 43.4 Å². The number of thioether (sulfide) groups is 1. The molecular weight excluding hydrogens is 373 g/mol. The highest BCUT2D eigenvalue weighted by atomic mass is 35.5. The van der Waals surface area contributed by atoms with E-state index in [1.54, 1.807) is 19.1 Å². The second-order valence-corrected chi connectivity index (χ2v) is 10.5. The Labute approximate surface area is 164 Å². The summed E-state index contributed by atoms with van der Waals surface area (Å²) < 4.78 is 19.9. The molecule has 1 saturated heterocycles. The zero-order valence-electron chi connectivity index (χ0n) is 15.8. The van der Waals surface area contributed by atoms with Crippen LogP contribution >= 0.6 is 23.4 Å². The molecule has 1 aliphatic carbocycles. The molecule has 3 atom stereocenters. The maximum Gasteiger partial charge on any atom is 0.252 e. The number of nitrogens with zero attached hydrogens (tertiary/aromatic N) is 1. The van der Waals surface area contributed by atoms with Crippen LogP contribution in [0.5, 0.6) is 0 Å². The van der Waals surface area contributed by atoms with E-state index in [9.17, 15) is 9.18 Å². The first-order valence-corrected chi connectivity index (χ1v) is 10.6. The van der Waals surface area contributed by atoms with E-state index in [2.05, 4.69) is 20.8 Å². The molecule has 26 heavy (non-hydrogen) atoms. The fourth-order valence-electron chi connectivity index (χ4n) is 3.38. The number of rotatable bonds is 5. The lowest BCUT2D eigenvalue weighted by atomic mass is 9.99. The first kappa shape index (κ1) is 20.0. The molecule has 144 valence electrons. The van der Waals surface area contributed by atoms with Crippen LogP contribution in [0, 0.1) is 11.7 Å². The molecule has 2 fully saturated rings. The van der Waals surface area contributed by atoms with Gasteiger partial charge in [0.25, 0.3) is 5.91 Å². The monoisotopic (exact) mass is 399 g/mol. The van der Waals surface area contributed by atoms with E-state index in [4.69, 9.17) is 16.3 Å². The summed E-state index contributed by atoms with van der Waals surface area (Å²) in [6.45, 7) is 8.76. The van der Waals surface area contributed by atoms with Gasteiger partial charge in [-0.1, -0.05) is 38.4 Å². The Bertz CT molecular complexity index is 674. The number of hydrogen-bond donors (Lipinski definition) is 0. The standard InChI is InChI=1S/C20H27ClFNO2S/c1-12-19(24)23(18(13-5-6-13)11-26-20(2,3)4)17(10-25-12)14-7-8-15(21)16(22)9-14/h7-9,12-13,17-18H,5-6,10-11H2,1-4H3/t12?,17-,18?/m0/s1. The average molecular weight is 400 g/mol. The fourth-order valence-corrected chi connectivity index (χ4v) is 4.60. The summed E-state index contributed by atoms with van der Waals surface area (Å²) in [5, 5.41) is 0.0961. The van der Waals surface area contributed by atoms with E-state index in [-0.39, 0.29) is 27.8 Å². The van der Waals surface area contributed by atoms with Gasteiger partial charge in [-0.25, -0.2) is 4.39 Å². The number of hydrogen-bond acceptors (Lipinski definition) is 3. The molecule has 0 spiro atoms. The topological polar surface area (TPSA) is 29.5 Å². The molecule has 6 heteroatoms. The van der Waals surface area contributed by atoms with Crippen molar-refractivity contribution in [2.45, 2.75) is 63.5 Å². The first-order chi connectivity index (χ1) is 12.2. The molecule has 0 bridgehead atoms. The lowest BCUT2D eigenvalue weighted by Gasteiger charge is -2.44. The molecule has 1 amide bonds. The SMILES string of the molecule is CC1OC[C@@H](c2ccc(Cl)c(F)c2)N(C(CSC(C)(C)C)C2CC2)C1=O. The van der Waals surface area contributed by atoms with Crippen LogP contribution in [0.4, 0.5) is 4.39 Å². The van der Waals surface area contributed by atoms with E-state index >= 15 is 0 Å². The van der Waals surface area contributed by atoms with E-state index in [0.29, 0.717) is 12.5 Å². The van der Waals surface area contributed by atoms with E-state index in [1.807, 2.05) is 16.7 Å². The maximum absolute atomic E-state index is 14.0. The number of ether oxygens (including phenoxy) is 1. The van der Waals surface area contributed by atoms with Crippen molar-refractivity contribution in [3.8, 4) is 0 Å². The van der Waals surface area contributed by atoms with Gasteiger partial charge in [-0.15, -0.1) is 0 Å². The number of benzene rings is 1. The van der Waals surface area contributed by atoms with Crippen LogP contribution in [0.15, 0.2) is 18.2 Å². The quantitative estimate of drug-likeness (QED) is 0.691. The molecule has 0 N–H and O–H groups in total. The molecule has 1 aliphatic heterocycles. The lowest BCUT2D eigenvalue weighted by Crippen LogP contribution is -2.54. The number of halogens is 2. The van der Waals surface area contributed by atoms with Crippen molar-refractivity contribution in [2.75, 3.05) is 12.4 Å². The van der Waals surface area contributed by atoms with E-state index in [0.717, 1.165) is 24.2 Å². The molecule has 0 radical (unpaired) electrons. The third-order valence-corrected chi connectivity index (χ3v) is 6.66. The molecule has 1 aromatic rings. The smallest absolute Gasteiger partial charge is 0.252 e. The molecule has 2 unspecified atom stereocenters. The highest BCUT2D eigenvalue weighted by Gasteiger charge is 2.45. The summed E-state index contributed by atoms with van der Waals surface area (Å²) in [6.07, 6.45) is 1.84. The Morgan fingerprint density at radius 3 is 2.65 bits per heavy atom. The van der Waals surface area contributed by atoms with Crippen LogP contribution in [0.1, 0.15) is 52.1 Å². The Morgan fingerprint density at radius 1 is 1.38 bits per heavy atom. The molecule has 3 nitrogen and oxygen atoms in total. The predicted octanol–water partition coefficient (Wildman–Crippen LogP) is 5.08. The van der Waals surface area contributed by atoms with Crippen molar-refractivity contribution < 1.29 is 13.9 Å². The summed E-state index contributed by atoms with van der Waals surface area (Å²) in [6, 6.07) is 4.69. The zero-order chi connectivity index (χ0) is 19.1. The highest BCUT2D eigenvalue weighted by Crippen LogP contribution is 2.43. The van der Waals surface area contributed by atoms with Crippen LogP contribution in [-0.2, 0) is 9.53 Å². The van der Waals surface area contributed by atoms with Crippen molar-refractivity contribution in [2.24, 2.45) is 5.92 Å². The van der Waals surface area contributed by atoms with Gasteiger partial charge in [0, 0.05) is 16.5 Å². The molecule has 0 aromatic heterocycles. The van der Waals surface area contributed by atoms with Gasteiger partial charge in [-0.2, -0.15) is 11.8 Å². The van der Waals surface area contributed by atoms with Gasteiger partial charge in [0.1, 0.15) is 11.9 Å². The summed E-state index contributed by atoms with van der Waals surface area (Å²) in [5.74, 6) is 0.961. The van der Waals surface area contributed by atoms with Gasteiger partial charge < -0.3 is 9.64 Å². The van der Waals surface area contributed by atoms with Gasteiger partial charge in [0.2, 0.25) is 0 Å². The molecular formula is C20H27ClFNO2S. The Balaban J connectivity index is 1.91. The normalized spacial score (nSPS) is 25.5. The van der Waals surface area contributed by atoms with Crippen LogP contribution in [0.25, 0.3) is 0 Å². The molecule has 1 saturated carbocycles. The lowest BCUT2D eigenvalue weighted by molar-refractivity contribution is -0.162. The third kappa shape index (κ3) is 4.55. The zero-order valence-corrected chi connectivity index (χ0v) is 17.4. The minimum absolute atomic E-state index is 0.00279. The van der Waals surface area contributed by atoms with Crippen molar-refractivity contribution in [3.05, 3.63) is 34.6 Å². The number of morpholine rings is 1. The molecule has 1 heterocycles. The van der Waals surface area contributed by atoms with Gasteiger partial charge in [-0.3, -0.25) is 4.79 Å². The predicted molar refractivity (Wildman–Crippen MR) is 105 cm³/mol. The van der Waals surface area contributed by atoms with Crippen LogP contribution < -0.4 is 0 Å². The van der Waals surface area contributed by atoms with Gasteiger partial charge >= 0.3 is 0 Å². The van der Waals surface area contributed by atoms with Gasteiger partial charge in [0.15, 0.2) is 0 Å². The molecule has 3 rings (SSSR count). The molecule has 2 aliphatic rings. The number of carbonyl (C=O) groups is 1. The fraction of sp³-hybridized carbons (Fsp3) is 0.650. The highest BCUT2D eigenvalue weighted by molar-refractivity contribution is 8.00. The third-order valence-electron chi connectivity index (χ3n) is 4.98.